The van der Waals surface area contributed by atoms with Crippen molar-refractivity contribution in [2.24, 2.45) is 11.1 Å². The molecule has 2 N–H and O–H groups in total. The lowest BCUT2D eigenvalue weighted by Crippen LogP contribution is -2.38. The Morgan fingerprint density at radius 1 is 1.60 bits per heavy atom. The van der Waals surface area contributed by atoms with Crippen LogP contribution in [0.3, 0.4) is 0 Å². The van der Waals surface area contributed by atoms with Crippen molar-refractivity contribution in [2.45, 2.75) is 32.6 Å². The van der Waals surface area contributed by atoms with Gasteiger partial charge in [-0.3, -0.25) is 0 Å². The SMILES string of the molecule is CC(=O)CC1(CN)CCC1. The van der Waals surface area contributed by atoms with Crippen LogP contribution in [0.5, 0.6) is 0 Å². The maximum absolute atomic E-state index is 10.8. The number of carbonyl (C=O) groups excluding carboxylic acids is 1. The molecule has 0 radical (unpaired) electrons. The first kappa shape index (κ1) is 7.73. The lowest BCUT2D eigenvalue weighted by molar-refractivity contribution is -0.120. The Balaban J connectivity index is 2.40. The Morgan fingerprint density at radius 3 is 2.30 bits per heavy atom. The third-order valence-electron chi connectivity index (χ3n) is 2.47. The van der Waals surface area contributed by atoms with E-state index in [0.29, 0.717) is 13.0 Å². The van der Waals surface area contributed by atoms with Crippen LogP contribution in [-0.2, 0) is 4.79 Å². The van der Waals surface area contributed by atoms with Crippen molar-refractivity contribution < 1.29 is 4.79 Å². The van der Waals surface area contributed by atoms with Gasteiger partial charge in [0, 0.05) is 6.42 Å². The van der Waals surface area contributed by atoms with Gasteiger partial charge in [0.25, 0.3) is 0 Å². The summed E-state index contributed by atoms with van der Waals surface area (Å²) in [5.74, 6) is 0.283. The van der Waals surface area contributed by atoms with Gasteiger partial charge in [-0.05, 0) is 31.7 Å². The van der Waals surface area contributed by atoms with Gasteiger partial charge >= 0.3 is 0 Å². The molecule has 0 saturated heterocycles. The van der Waals surface area contributed by atoms with E-state index in [0.717, 1.165) is 12.8 Å². The largest absolute Gasteiger partial charge is 0.330 e. The third-order valence-corrected chi connectivity index (χ3v) is 2.47. The molecule has 1 aliphatic carbocycles. The number of Topliss-reactive ketones (excluding diaryl/α,β-unsaturated/α-hetero) is 1. The van der Waals surface area contributed by atoms with E-state index in [-0.39, 0.29) is 11.2 Å². The summed E-state index contributed by atoms with van der Waals surface area (Å²) in [6.45, 7) is 2.34. The third kappa shape index (κ3) is 1.37. The Kier molecular flexibility index (Phi) is 2.09. The Labute approximate surface area is 61.8 Å². The maximum Gasteiger partial charge on any atom is 0.130 e. The summed E-state index contributed by atoms with van der Waals surface area (Å²) in [6.07, 6.45) is 4.26. The van der Waals surface area contributed by atoms with Gasteiger partial charge in [-0.1, -0.05) is 6.42 Å². The van der Waals surface area contributed by atoms with Gasteiger partial charge in [-0.2, -0.15) is 0 Å². The van der Waals surface area contributed by atoms with E-state index in [1.807, 2.05) is 0 Å². The van der Waals surface area contributed by atoms with E-state index >= 15 is 0 Å². The van der Waals surface area contributed by atoms with Crippen LogP contribution in [0, 0.1) is 5.41 Å². The normalized spacial score (nSPS) is 21.8. The van der Waals surface area contributed by atoms with Crippen LogP contribution in [0.2, 0.25) is 0 Å². The van der Waals surface area contributed by atoms with E-state index in [1.165, 1.54) is 6.42 Å². The minimum Gasteiger partial charge on any atom is -0.330 e. The highest BCUT2D eigenvalue weighted by Gasteiger charge is 2.36. The van der Waals surface area contributed by atoms with E-state index in [4.69, 9.17) is 5.73 Å². The summed E-state index contributed by atoms with van der Waals surface area (Å²) >= 11 is 0. The summed E-state index contributed by atoms with van der Waals surface area (Å²) in [5.41, 5.74) is 5.78. The molecule has 2 nitrogen and oxygen atoms in total. The zero-order valence-corrected chi connectivity index (χ0v) is 6.52. The van der Waals surface area contributed by atoms with Crippen molar-refractivity contribution in [1.29, 1.82) is 0 Å². The molecule has 0 aliphatic heterocycles. The van der Waals surface area contributed by atoms with E-state index < -0.39 is 0 Å². The van der Waals surface area contributed by atoms with Crippen LogP contribution in [0.1, 0.15) is 32.6 Å². The minimum atomic E-state index is 0.214. The zero-order valence-electron chi connectivity index (χ0n) is 6.52. The van der Waals surface area contributed by atoms with Crippen LogP contribution in [0.15, 0.2) is 0 Å². The molecule has 0 aromatic carbocycles. The second-order valence-electron chi connectivity index (χ2n) is 3.44. The average molecular weight is 141 g/mol. The van der Waals surface area contributed by atoms with Gasteiger partial charge in [-0.15, -0.1) is 0 Å². The van der Waals surface area contributed by atoms with Crippen molar-refractivity contribution >= 4 is 5.78 Å². The van der Waals surface area contributed by atoms with Crippen molar-refractivity contribution in [1.82, 2.24) is 0 Å². The van der Waals surface area contributed by atoms with Gasteiger partial charge in [0.1, 0.15) is 5.78 Å². The van der Waals surface area contributed by atoms with Crippen LogP contribution in [-0.4, -0.2) is 12.3 Å². The second kappa shape index (κ2) is 2.70. The van der Waals surface area contributed by atoms with E-state index in [2.05, 4.69) is 0 Å². The van der Waals surface area contributed by atoms with Crippen LogP contribution >= 0.6 is 0 Å². The molecular formula is C8H15NO. The van der Waals surface area contributed by atoms with Crippen molar-refractivity contribution in [3.63, 3.8) is 0 Å². The minimum absolute atomic E-state index is 0.214. The topological polar surface area (TPSA) is 43.1 Å². The standard InChI is InChI=1S/C8H15NO/c1-7(10)5-8(6-9)3-2-4-8/h2-6,9H2,1H3. The Morgan fingerprint density at radius 2 is 2.20 bits per heavy atom. The molecule has 0 atom stereocenters. The molecule has 0 aromatic heterocycles. The number of rotatable bonds is 3. The first-order chi connectivity index (χ1) is 4.68. The van der Waals surface area contributed by atoms with Crippen molar-refractivity contribution in [3.8, 4) is 0 Å². The Bertz CT molecular complexity index is 133. The van der Waals surface area contributed by atoms with Crippen LogP contribution in [0.4, 0.5) is 0 Å². The molecule has 1 aliphatic rings. The van der Waals surface area contributed by atoms with Gasteiger partial charge in [0.15, 0.2) is 0 Å². The van der Waals surface area contributed by atoms with Crippen LogP contribution < -0.4 is 5.73 Å². The summed E-state index contributed by atoms with van der Waals surface area (Å²) in [4.78, 5) is 10.8. The summed E-state index contributed by atoms with van der Waals surface area (Å²) in [5, 5.41) is 0. The summed E-state index contributed by atoms with van der Waals surface area (Å²) in [6, 6.07) is 0. The van der Waals surface area contributed by atoms with E-state index in [1.54, 1.807) is 6.92 Å². The smallest absolute Gasteiger partial charge is 0.130 e. The highest BCUT2D eigenvalue weighted by molar-refractivity contribution is 5.76. The average Bonchev–Trinajstić information content (AvgIpc) is 1.78. The van der Waals surface area contributed by atoms with E-state index in [9.17, 15) is 4.79 Å². The molecule has 0 aromatic rings. The molecule has 0 heterocycles. The quantitative estimate of drug-likeness (QED) is 0.639. The number of hydrogen-bond donors (Lipinski definition) is 1. The molecule has 2 heteroatoms. The predicted molar refractivity (Wildman–Crippen MR) is 40.6 cm³/mol. The first-order valence-electron chi connectivity index (χ1n) is 3.88. The van der Waals surface area contributed by atoms with Crippen LogP contribution in [0.25, 0.3) is 0 Å². The molecule has 10 heavy (non-hydrogen) atoms. The fourth-order valence-corrected chi connectivity index (χ4v) is 1.66. The van der Waals surface area contributed by atoms with Gasteiger partial charge < -0.3 is 10.5 Å². The number of nitrogens with two attached hydrogens (primary N) is 1. The first-order valence-corrected chi connectivity index (χ1v) is 3.88. The van der Waals surface area contributed by atoms with Gasteiger partial charge in [-0.25, -0.2) is 0 Å². The van der Waals surface area contributed by atoms with Crippen molar-refractivity contribution in [2.75, 3.05) is 6.54 Å². The lowest BCUT2D eigenvalue weighted by Gasteiger charge is -2.40. The molecule has 0 spiro atoms. The van der Waals surface area contributed by atoms with Crippen molar-refractivity contribution in [3.05, 3.63) is 0 Å². The summed E-state index contributed by atoms with van der Waals surface area (Å²) < 4.78 is 0. The molecular weight excluding hydrogens is 126 g/mol. The Hall–Kier alpha value is -0.370. The fourth-order valence-electron chi connectivity index (χ4n) is 1.66. The second-order valence-corrected chi connectivity index (χ2v) is 3.44. The number of carbonyl (C=O) groups is 1. The molecule has 1 fully saturated rings. The zero-order chi connectivity index (χ0) is 7.61. The number of hydrogen-bond acceptors (Lipinski definition) is 2. The van der Waals surface area contributed by atoms with Gasteiger partial charge in [0.05, 0.1) is 0 Å². The summed E-state index contributed by atoms with van der Waals surface area (Å²) in [7, 11) is 0. The molecule has 1 rings (SSSR count). The molecule has 58 valence electrons. The lowest BCUT2D eigenvalue weighted by atomic mass is 9.66. The monoisotopic (exact) mass is 141 g/mol. The molecule has 0 bridgehead atoms. The molecule has 0 amide bonds. The fraction of sp³-hybridized carbons (Fsp3) is 0.875. The molecule has 0 unspecified atom stereocenters. The highest BCUT2D eigenvalue weighted by Crippen LogP contribution is 2.42. The predicted octanol–water partition coefficient (Wildman–Crippen LogP) is 1.09. The molecule has 1 saturated carbocycles. The van der Waals surface area contributed by atoms with Gasteiger partial charge in [0.2, 0.25) is 0 Å². The number of ketones is 1. The maximum atomic E-state index is 10.8. The highest BCUT2D eigenvalue weighted by atomic mass is 16.1.